The van der Waals surface area contributed by atoms with Crippen LogP contribution in [-0.4, -0.2) is 16.7 Å². The van der Waals surface area contributed by atoms with Gasteiger partial charge in [-0.25, -0.2) is 4.98 Å². The maximum Gasteiger partial charge on any atom is 0.146 e. The zero-order valence-electron chi connectivity index (χ0n) is 9.61. The third-order valence-corrected chi connectivity index (χ3v) is 2.60. The van der Waals surface area contributed by atoms with E-state index in [1.165, 1.54) is 0 Å². The van der Waals surface area contributed by atoms with Gasteiger partial charge < -0.3 is 9.30 Å². The van der Waals surface area contributed by atoms with E-state index in [1.807, 2.05) is 19.1 Å². The van der Waals surface area contributed by atoms with Gasteiger partial charge in [-0.05, 0) is 32.9 Å². The first-order chi connectivity index (χ1) is 7.15. The van der Waals surface area contributed by atoms with Gasteiger partial charge in [-0.15, -0.1) is 0 Å². The minimum absolute atomic E-state index is 0.419. The van der Waals surface area contributed by atoms with Crippen molar-refractivity contribution >= 4 is 11.0 Å². The maximum atomic E-state index is 5.30. The van der Waals surface area contributed by atoms with Crippen LogP contribution >= 0.6 is 0 Å². The summed E-state index contributed by atoms with van der Waals surface area (Å²) in [6.45, 7) is 6.35. The highest BCUT2D eigenvalue weighted by atomic mass is 16.5. The topological polar surface area (TPSA) is 27.1 Å². The van der Waals surface area contributed by atoms with Crippen LogP contribution in [0.2, 0.25) is 0 Å². The van der Waals surface area contributed by atoms with Crippen molar-refractivity contribution in [2.75, 3.05) is 7.11 Å². The van der Waals surface area contributed by atoms with Gasteiger partial charge in [0.25, 0.3) is 0 Å². The minimum Gasteiger partial charge on any atom is -0.494 e. The molecule has 0 saturated carbocycles. The van der Waals surface area contributed by atoms with Gasteiger partial charge in [0.2, 0.25) is 0 Å². The fraction of sp³-hybridized carbons (Fsp3) is 0.417. The average Bonchev–Trinajstić information content (AvgIpc) is 2.53. The minimum atomic E-state index is 0.419. The molecule has 3 heteroatoms. The SMILES string of the molecule is COc1cccc2c1nc(C)n2C(C)C. The number of para-hydroxylation sites is 1. The van der Waals surface area contributed by atoms with Gasteiger partial charge in [0, 0.05) is 6.04 Å². The van der Waals surface area contributed by atoms with Crippen molar-refractivity contribution in [1.29, 1.82) is 0 Å². The Labute approximate surface area is 89.7 Å². The molecule has 2 rings (SSSR count). The van der Waals surface area contributed by atoms with Crippen LogP contribution in [-0.2, 0) is 0 Å². The summed E-state index contributed by atoms with van der Waals surface area (Å²) in [5, 5.41) is 0. The summed E-state index contributed by atoms with van der Waals surface area (Å²) < 4.78 is 7.52. The van der Waals surface area contributed by atoms with Crippen molar-refractivity contribution in [1.82, 2.24) is 9.55 Å². The van der Waals surface area contributed by atoms with E-state index in [0.29, 0.717) is 6.04 Å². The Hall–Kier alpha value is -1.51. The van der Waals surface area contributed by atoms with E-state index in [-0.39, 0.29) is 0 Å². The quantitative estimate of drug-likeness (QED) is 0.752. The summed E-state index contributed by atoms with van der Waals surface area (Å²) in [7, 11) is 1.68. The number of rotatable bonds is 2. The Morgan fingerprint density at radius 3 is 2.67 bits per heavy atom. The van der Waals surface area contributed by atoms with E-state index in [1.54, 1.807) is 7.11 Å². The molecular formula is C12H16N2O. The molecule has 1 aromatic heterocycles. The van der Waals surface area contributed by atoms with Gasteiger partial charge in [-0.2, -0.15) is 0 Å². The number of hydrogen-bond donors (Lipinski definition) is 0. The molecule has 0 aliphatic heterocycles. The number of ether oxygens (including phenoxy) is 1. The molecule has 80 valence electrons. The molecule has 2 aromatic rings. The third kappa shape index (κ3) is 1.48. The summed E-state index contributed by atoms with van der Waals surface area (Å²) in [4.78, 5) is 4.54. The largest absolute Gasteiger partial charge is 0.494 e. The number of nitrogens with zero attached hydrogens (tertiary/aromatic N) is 2. The van der Waals surface area contributed by atoms with Crippen LogP contribution in [0.15, 0.2) is 18.2 Å². The first-order valence-electron chi connectivity index (χ1n) is 5.16. The second-order valence-corrected chi connectivity index (χ2v) is 3.95. The molecule has 0 atom stereocenters. The molecule has 1 heterocycles. The van der Waals surface area contributed by atoms with Crippen LogP contribution < -0.4 is 4.74 Å². The molecule has 0 N–H and O–H groups in total. The molecule has 0 amide bonds. The number of aryl methyl sites for hydroxylation is 1. The summed E-state index contributed by atoms with van der Waals surface area (Å²) >= 11 is 0. The summed E-state index contributed by atoms with van der Waals surface area (Å²) in [5.41, 5.74) is 2.09. The molecule has 15 heavy (non-hydrogen) atoms. The van der Waals surface area contributed by atoms with Crippen molar-refractivity contribution in [2.24, 2.45) is 0 Å². The lowest BCUT2D eigenvalue weighted by atomic mass is 10.2. The fourth-order valence-electron chi connectivity index (χ4n) is 2.02. The van der Waals surface area contributed by atoms with Gasteiger partial charge in [-0.3, -0.25) is 0 Å². The van der Waals surface area contributed by atoms with Crippen molar-refractivity contribution in [3.8, 4) is 5.75 Å². The normalized spacial score (nSPS) is 11.3. The number of imidazole rings is 1. The Bertz CT molecular complexity index is 486. The molecule has 0 fully saturated rings. The smallest absolute Gasteiger partial charge is 0.146 e. The van der Waals surface area contributed by atoms with Crippen LogP contribution in [0.5, 0.6) is 5.75 Å². The highest BCUT2D eigenvalue weighted by Gasteiger charge is 2.12. The van der Waals surface area contributed by atoms with Crippen molar-refractivity contribution < 1.29 is 4.74 Å². The van der Waals surface area contributed by atoms with Crippen molar-refractivity contribution in [2.45, 2.75) is 26.8 Å². The summed E-state index contributed by atoms with van der Waals surface area (Å²) in [5.74, 6) is 1.87. The summed E-state index contributed by atoms with van der Waals surface area (Å²) in [6, 6.07) is 6.44. The van der Waals surface area contributed by atoms with Crippen LogP contribution in [0.25, 0.3) is 11.0 Å². The van der Waals surface area contributed by atoms with Gasteiger partial charge in [-0.1, -0.05) is 6.07 Å². The van der Waals surface area contributed by atoms with Gasteiger partial charge in [0.15, 0.2) is 0 Å². The lowest BCUT2D eigenvalue weighted by molar-refractivity contribution is 0.419. The van der Waals surface area contributed by atoms with E-state index in [4.69, 9.17) is 4.74 Å². The Balaban J connectivity index is 2.78. The molecular weight excluding hydrogens is 188 g/mol. The molecule has 0 unspecified atom stereocenters. The van der Waals surface area contributed by atoms with Crippen LogP contribution in [0.3, 0.4) is 0 Å². The van der Waals surface area contributed by atoms with E-state index >= 15 is 0 Å². The highest BCUT2D eigenvalue weighted by Crippen LogP contribution is 2.27. The predicted molar refractivity (Wildman–Crippen MR) is 61.4 cm³/mol. The van der Waals surface area contributed by atoms with Gasteiger partial charge >= 0.3 is 0 Å². The van der Waals surface area contributed by atoms with Crippen molar-refractivity contribution in [3.63, 3.8) is 0 Å². The molecule has 0 bridgehead atoms. The zero-order valence-corrected chi connectivity index (χ0v) is 9.61. The highest BCUT2D eigenvalue weighted by molar-refractivity contribution is 5.82. The van der Waals surface area contributed by atoms with E-state index in [2.05, 4.69) is 29.5 Å². The summed E-state index contributed by atoms with van der Waals surface area (Å²) in [6.07, 6.45) is 0. The molecule has 0 aliphatic carbocycles. The molecule has 3 nitrogen and oxygen atoms in total. The van der Waals surface area contributed by atoms with Crippen molar-refractivity contribution in [3.05, 3.63) is 24.0 Å². The molecule has 0 saturated heterocycles. The predicted octanol–water partition coefficient (Wildman–Crippen LogP) is 2.93. The second kappa shape index (κ2) is 3.57. The zero-order chi connectivity index (χ0) is 11.0. The van der Waals surface area contributed by atoms with Crippen LogP contribution in [0.4, 0.5) is 0 Å². The lowest BCUT2D eigenvalue weighted by Crippen LogP contribution is -2.02. The maximum absolute atomic E-state index is 5.30. The van der Waals surface area contributed by atoms with Crippen LogP contribution in [0, 0.1) is 6.92 Å². The third-order valence-electron chi connectivity index (χ3n) is 2.60. The monoisotopic (exact) mass is 204 g/mol. The molecule has 1 aromatic carbocycles. The Morgan fingerprint density at radius 1 is 1.33 bits per heavy atom. The van der Waals surface area contributed by atoms with E-state index < -0.39 is 0 Å². The van der Waals surface area contributed by atoms with E-state index in [0.717, 1.165) is 22.6 Å². The number of aromatic nitrogens is 2. The number of methoxy groups -OCH3 is 1. The number of fused-ring (bicyclic) bond motifs is 1. The number of benzene rings is 1. The first-order valence-corrected chi connectivity index (χ1v) is 5.16. The second-order valence-electron chi connectivity index (χ2n) is 3.95. The van der Waals surface area contributed by atoms with Gasteiger partial charge in [0.05, 0.1) is 12.6 Å². The molecule has 0 spiro atoms. The average molecular weight is 204 g/mol. The standard InChI is InChI=1S/C12H16N2O/c1-8(2)14-9(3)13-12-10(14)6-5-7-11(12)15-4/h5-8H,1-4H3. The van der Waals surface area contributed by atoms with E-state index in [9.17, 15) is 0 Å². The first kappa shape index (κ1) is 10.0. The fourth-order valence-corrected chi connectivity index (χ4v) is 2.02. The Morgan fingerprint density at radius 2 is 2.07 bits per heavy atom. The van der Waals surface area contributed by atoms with Gasteiger partial charge in [0.1, 0.15) is 17.1 Å². The lowest BCUT2D eigenvalue weighted by Gasteiger charge is -2.10. The Kier molecular flexibility index (Phi) is 2.39. The molecule has 0 radical (unpaired) electrons. The molecule has 0 aliphatic rings. The number of hydrogen-bond acceptors (Lipinski definition) is 2. The van der Waals surface area contributed by atoms with Crippen LogP contribution in [0.1, 0.15) is 25.7 Å².